The molecule has 82 valence electrons. The highest BCUT2D eigenvalue weighted by atomic mass is 19.1. The van der Waals surface area contributed by atoms with Gasteiger partial charge in [-0.15, -0.1) is 0 Å². The van der Waals surface area contributed by atoms with Gasteiger partial charge in [-0.3, -0.25) is 4.98 Å². The van der Waals surface area contributed by atoms with Crippen LogP contribution in [-0.4, -0.2) is 10.1 Å². The molecule has 0 aliphatic carbocycles. The van der Waals surface area contributed by atoms with E-state index in [0.29, 0.717) is 16.7 Å². The van der Waals surface area contributed by atoms with Gasteiger partial charge in [0.2, 0.25) is 0 Å². The van der Waals surface area contributed by atoms with E-state index in [0.717, 1.165) is 5.56 Å². The van der Waals surface area contributed by atoms with E-state index < -0.39 is 0 Å². The van der Waals surface area contributed by atoms with Crippen molar-refractivity contribution in [3.05, 3.63) is 53.6 Å². The van der Waals surface area contributed by atoms with Gasteiger partial charge in [0.25, 0.3) is 0 Å². The van der Waals surface area contributed by atoms with Crippen LogP contribution in [0.1, 0.15) is 11.1 Å². The Labute approximate surface area is 93.4 Å². The van der Waals surface area contributed by atoms with Gasteiger partial charge in [0.1, 0.15) is 5.82 Å². The zero-order valence-corrected chi connectivity index (χ0v) is 8.94. The number of aryl methyl sites for hydroxylation is 1. The number of pyridine rings is 1. The number of aliphatic hydroxyl groups is 1. The second-order valence-corrected chi connectivity index (χ2v) is 3.67. The number of hydrogen-bond donors (Lipinski definition) is 1. The maximum absolute atomic E-state index is 13.7. The van der Waals surface area contributed by atoms with Crippen LogP contribution >= 0.6 is 0 Å². The Morgan fingerprint density at radius 3 is 2.81 bits per heavy atom. The summed E-state index contributed by atoms with van der Waals surface area (Å²) in [4.78, 5) is 3.96. The number of halogens is 1. The zero-order valence-electron chi connectivity index (χ0n) is 8.94. The summed E-state index contributed by atoms with van der Waals surface area (Å²) >= 11 is 0. The number of aromatic nitrogens is 1. The summed E-state index contributed by atoms with van der Waals surface area (Å²) in [5.41, 5.74) is 2.78. The lowest BCUT2D eigenvalue weighted by molar-refractivity contribution is 0.282. The SMILES string of the molecule is Cc1ccc(F)c(-c2cnccc2CO)c1. The number of hydrogen-bond acceptors (Lipinski definition) is 2. The summed E-state index contributed by atoms with van der Waals surface area (Å²) in [7, 11) is 0. The monoisotopic (exact) mass is 217 g/mol. The molecule has 0 aliphatic rings. The van der Waals surface area contributed by atoms with Gasteiger partial charge in [0.05, 0.1) is 6.61 Å². The summed E-state index contributed by atoms with van der Waals surface area (Å²) in [5.74, 6) is -0.298. The van der Waals surface area contributed by atoms with Crippen LogP contribution in [0.25, 0.3) is 11.1 Å². The zero-order chi connectivity index (χ0) is 11.5. The van der Waals surface area contributed by atoms with Gasteiger partial charge in [-0.1, -0.05) is 11.6 Å². The van der Waals surface area contributed by atoms with Crippen LogP contribution in [0.5, 0.6) is 0 Å². The second-order valence-electron chi connectivity index (χ2n) is 3.67. The van der Waals surface area contributed by atoms with Crippen molar-refractivity contribution in [2.45, 2.75) is 13.5 Å². The number of nitrogens with zero attached hydrogens (tertiary/aromatic N) is 1. The Hall–Kier alpha value is -1.74. The second kappa shape index (κ2) is 4.41. The smallest absolute Gasteiger partial charge is 0.131 e. The lowest BCUT2D eigenvalue weighted by Crippen LogP contribution is -1.93. The maximum Gasteiger partial charge on any atom is 0.131 e. The topological polar surface area (TPSA) is 33.1 Å². The van der Waals surface area contributed by atoms with E-state index in [9.17, 15) is 9.50 Å². The fourth-order valence-electron chi connectivity index (χ4n) is 1.65. The molecule has 0 saturated carbocycles. The Morgan fingerprint density at radius 2 is 2.06 bits per heavy atom. The molecule has 0 unspecified atom stereocenters. The molecule has 0 spiro atoms. The van der Waals surface area contributed by atoms with Gasteiger partial charge in [0, 0.05) is 23.5 Å². The van der Waals surface area contributed by atoms with E-state index in [1.165, 1.54) is 6.07 Å². The molecule has 16 heavy (non-hydrogen) atoms. The van der Waals surface area contributed by atoms with Crippen molar-refractivity contribution in [3.8, 4) is 11.1 Å². The normalized spacial score (nSPS) is 10.4. The quantitative estimate of drug-likeness (QED) is 0.839. The molecule has 0 aliphatic heterocycles. The third-order valence-corrected chi connectivity index (χ3v) is 2.49. The van der Waals surface area contributed by atoms with Crippen molar-refractivity contribution in [2.75, 3.05) is 0 Å². The molecule has 0 atom stereocenters. The molecule has 2 nitrogen and oxygen atoms in total. The van der Waals surface area contributed by atoms with Crippen molar-refractivity contribution in [3.63, 3.8) is 0 Å². The fourth-order valence-corrected chi connectivity index (χ4v) is 1.65. The lowest BCUT2D eigenvalue weighted by atomic mass is 10.0. The first-order chi connectivity index (χ1) is 7.72. The first kappa shape index (κ1) is 10.8. The van der Waals surface area contributed by atoms with Gasteiger partial charge in [-0.25, -0.2) is 4.39 Å². The molecular weight excluding hydrogens is 205 g/mol. The summed E-state index contributed by atoms with van der Waals surface area (Å²) in [6.07, 6.45) is 3.16. The van der Waals surface area contributed by atoms with Gasteiger partial charge in [-0.2, -0.15) is 0 Å². The van der Waals surface area contributed by atoms with E-state index in [1.54, 1.807) is 30.6 Å². The van der Waals surface area contributed by atoms with E-state index in [1.807, 2.05) is 6.92 Å². The van der Waals surface area contributed by atoms with Crippen molar-refractivity contribution >= 4 is 0 Å². The van der Waals surface area contributed by atoms with Gasteiger partial charge in [-0.05, 0) is 30.7 Å². The van der Waals surface area contributed by atoms with Crippen molar-refractivity contribution < 1.29 is 9.50 Å². The Bertz CT molecular complexity index is 511. The first-order valence-corrected chi connectivity index (χ1v) is 5.02. The van der Waals surface area contributed by atoms with Crippen LogP contribution in [0.3, 0.4) is 0 Å². The molecule has 2 aromatic rings. The minimum Gasteiger partial charge on any atom is -0.392 e. The third kappa shape index (κ3) is 1.95. The summed E-state index contributed by atoms with van der Waals surface area (Å²) in [6.45, 7) is 1.78. The average Bonchev–Trinajstić information content (AvgIpc) is 2.32. The molecule has 0 radical (unpaired) electrons. The van der Waals surface area contributed by atoms with Gasteiger partial charge in [0.15, 0.2) is 0 Å². The summed E-state index contributed by atoms with van der Waals surface area (Å²) < 4.78 is 13.7. The van der Waals surface area contributed by atoms with Crippen LogP contribution in [0.15, 0.2) is 36.7 Å². The molecule has 0 bridgehead atoms. The minimum absolute atomic E-state index is 0.120. The molecule has 1 aromatic carbocycles. The Kier molecular flexibility index (Phi) is 2.97. The van der Waals surface area contributed by atoms with Crippen LogP contribution in [0, 0.1) is 12.7 Å². The predicted molar refractivity (Wildman–Crippen MR) is 60.3 cm³/mol. The molecule has 2 rings (SSSR count). The molecule has 1 N–H and O–H groups in total. The number of aliphatic hydroxyl groups excluding tert-OH is 1. The molecular formula is C13H12FNO. The largest absolute Gasteiger partial charge is 0.392 e. The molecule has 1 heterocycles. The molecule has 0 fully saturated rings. The van der Waals surface area contributed by atoms with E-state index in [4.69, 9.17) is 0 Å². The minimum atomic E-state index is -0.298. The highest BCUT2D eigenvalue weighted by molar-refractivity contribution is 5.67. The van der Waals surface area contributed by atoms with Crippen LogP contribution in [0.2, 0.25) is 0 Å². The Balaban J connectivity index is 2.62. The highest BCUT2D eigenvalue weighted by Gasteiger charge is 2.09. The van der Waals surface area contributed by atoms with Gasteiger partial charge < -0.3 is 5.11 Å². The number of rotatable bonds is 2. The van der Waals surface area contributed by atoms with Crippen LogP contribution in [0.4, 0.5) is 4.39 Å². The molecule has 3 heteroatoms. The maximum atomic E-state index is 13.7. The Morgan fingerprint density at radius 1 is 1.25 bits per heavy atom. The molecule has 0 saturated heterocycles. The molecule has 0 amide bonds. The lowest BCUT2D eigenvalue weighted by Gasteiger charge is -2.08. The van der Waals surface area contributed by atoms with E-state index >= 15 is 0 Å². The summed E-state index contributed by atoms with van der Waals surface area (Å²) in [6, 6.07) is 6.59. The van der Waals surface area contributed by atoms with Crippen molar-refractivity contribution in [1.29, 1.82) is 0 Å². The van der Waals surface area contributed by atoms with E-state index in [-0.39, 0.29) is 12.4 Å². The number of benzene rings is 1. The van der Waals surface area contributed by atoms with E-state index in [2.05, 4.69) is 4.98 Å². The average molecular weight is 217 g/mol. The predicted octanol–water partition coefficient (Wildman–Crippen LogP) is 2.69. The van der Waals surface area contributed by atoms with Crippen molar-refractivity contribution in [1.82, 2.24) is 4.98 Å². The van der Waals surface area contributed by atoms with Gasteiger partial charge >= 0.3 is 0 Å². The first-order valence-electron chi connectivity index (χ1n) is 5.02. The highest BCUT2D eigenvalue weighted by Crippen LogP contribution is 2.26. The third-order valence-electron chi connectivity index (χ3n) is 2.49. The van der Waals surface area contributed by atoms with Crippen LogP contribution < -0.4 is 0 Å². The van der Waals surface area contributed by atoms with Crippen LogP contribution in [-0.2, 0) is 6.61 Å². The van der Waals surface area contributed by atoms with Crippen molar-refractivity contribution in [2.24, 2.45) is 0 Å². The summed E-state index contributed by atoms with van der Waals surface area (Å²) in [5, 5.41) is 9.19. The fraction of sp³-hybridized carbons (Fsp3) is 0.154. The standard InChI is InChI=1S/C13H12FNO/c1-9-2-3-13(14)11(6-9)12-7-15-5-4-10(12)8-16/h2-7,16H,8H2,1H3. The molecule has 1 aromatic heterocycles.